The van der Waals surface area contributed by atoms with Crippen LogP contribution in [0, 0.1) is 0 Å². The van der Waals surface area contributed by atoms with E-state index >= 15 is 0 Å². The van der Waals surface area contributed by atoms with E-state index < -0.39 is 0 Å². The monoisotopic (exact) mass is 264 g/mol. The number of carbonyl (C=O) groups is 1. The molecule has 104 valence electrons. The van der Waals surface area contributed by atoms with Gasteiger partial charge in [0.15, 0.2) is 11.5 Å². The maximum absolute atomic E-state index is 11.1. The van der Waals surface area contributed by atoms with Crippen LogP contribution in [-0.2, 0) is 4.79 Å². The summed E-state index contributed by atoms with van der Waals surface area (Å²) in [4.78, 5) is 13.2. The quantitative estimate of drug-likeness (QED) is 0.871. The second kappa shape index (κ2) is 5.93. The molecule has 2 rings (SSSR count). The minimum Gasteiger partial charge on any atom is -0.493 e. The molecule has 1 aromatic rings. The van der Waals surface area contributed by atoms with Crippen LogP contribution in [0.4, 0.5) is 0 Å². The summed E-state index contributed by atoms with van der Waals surface area (Å²) in [5, 5.41) is 0. The van der Waals surface area contributed by atoms with Gasteiger partial charge in [0.05, 0.1) is 20.8 Å². The Labute approximate surface area is 113 Å². The molecule has 0 saturated carbocycles. The molecule has 1 amide bonds. The number of carbonyl (C=O) groups excluding carboxylic acids is 1. The smallest absolute Gasteiger partial charge is 0.231 e. The zero-order valence-corrected chi connectivity index (χ0v) is 11.4. The number of benzene rings is 1. The van der Waals surface area contributed by atoms with Crippen molar-refractivity contribution in [3.63, 3.8) is 0 Å². The molecule has 0 bridgehead atoms. The molecule has 0 spiro atoms. The minimum absolute atomic E-state index is 0.229. The van der Waals surface area contributed by atoms with Gasteiger partial charge in [0.1, 0.15) is 0 Å². The SMILES string of the molecule is COc1ccc([C@@H]2CCCN2CC(N)=O)cc1OC. The lowest BCUT2D eigenvalue weighted by molar-refractivity contribution is -0.119. The van der Waals surface area contributed by atoms with Crippen LogP contribution < -0.4 is 15.2 Å². The van der Waals surface area contributed by atoms with E-state index in [1.807, 2.05) is 18.2 Å². The Kier molecular flexibility index (Phi) is 4.27. The van der Waals surface area contributed by atoms with Gasteiger partial charge in [-0.05, 0) is 37.1 Å². The van der Waals surface area contributed by atoms with Crippen LogP contribution in [0.1, 0.15) is 24.4 Å². The Hall–Kier alpha value is -1.75. The molecule has 1 atom stereocenters. The number of nitrogens with two attached hydrogens (primary N) is 1. The first-order chi connectivity index (χ1) is 9.15. The molecule has 1 fully saturated rings. The molecule has 0 aromatic heterocycles. The third kappa shape index (κ3) is 2.98. The second-order valence-electron chi connectivity index (χ2n) is 4.71. The van der Waals surface area contributed by atoms with Crippen molar-refractivity contribution in [1.82, 2.24) is 4.90 Å². The van der Waals surface area contributed by atoms with Gasteiger partial charge >= 0.3 is 0 Å². The molecule has 1 aromatic carbocycles. The predicted molar refractivity (Wildman–Crippen MR) is 72.3 cm³/mol. The Balaban J connectivity index is 2.23. The van der Waals surface area contributed by atoms with E-state index in [2.05, 4.69) is 4.90 Å². The van der Waals surface area contributed by atoms with Gasteiger partial charge in [0, 0.05) is 6.04 Å². The van der Waals surface area contributed by atoms with Crippen molar-refractivity contribution in [2.75, 3.05) is 27.3 Å². The van der Waals surface area contributed by atoms with Crippen LogP contribution in [0.5, 0.6) is 11.5 Å². The number of hydrogen-bond acceptors (Lipinski definition) is 4. The zero-order chi connectivity index (χ0) is 13.8. The number of hydrogen-bond donors (Lipinski definition) is 1. The molecule has 2 N–H and O–H groups in total. The van der Waals surface area contributed by atoms with Crippen molar-refractivity contribution in [2.45, 2.75) is 18.9 Å². The van der Waals surface area contributed by atoms with E-state index in [0.717, 1.165) is 24.9 Å². The summed E-state index contributed by atoms with van der Waals surface area (Å²) in [6.45, 7) is 1.21. The van der Waals surface area contributed by atoms with Crippen molar-refractivity contribution in [3.8, 4) is 11.5 Å². The van der Waals surface area contributed by atoms with Crippen LogP contribution in [0.3, 0.4) is 0 Å². The van der Waals surface area contributed by atoms with Crippen LogP contribution in [-0.4, -0.2) is 38.1 Å². The number of rotatable bonds is 5. The van der Waals surface area contributed by atoms with E-state index in [1.54, 1.807) is 14.2 Å². The number of amides is 1. The second-order valence-corrected chi connectivity index (χ2v) is 4.71. The number of ether oxygens (including phenoxy) is 2. The predicted octanol–water partition coefficient (Wildman–Crippen LogP) is 1.33. The summed E-state index contributed by atoms with van der Waals surface area (Å²) in [6.07, 6.45) is 2.11. The van der Waals surface area contributed by atoms with Gasteiger partial charge in [-0.2, -0.15) is 0 Å². The molecule has 1 saturated heterocycles. The fourth-order valence-electron chi connectivity index (χ4n) is 2.65. The van der Waals surface area contributed by atoms with Crippen molar-refractivity contribution in [2.24, 2.45) is 5.73 Å². The Morgan fingerprint density at radius 1 is 1.37 bits per heavy atom. The third-order valence-corrected chi connectivity index (χ3v) is 3.51. The molecule has 5 nitrogen and oxygen atoms in total. The first-order valence-electron chi connectivity index (χ1n) is 6.40. The third-order valence-electron chi connectivity index (χ3n) is 3.51. The molecular weight excluding hydrogens is 244 g/mol. The Morgan fingerprint density at radius 2 is 2.11 bits per heavy atom. The van der Waals surface area contributed by atoms with Crippen LogP contribution in [0.15, 0.2) is 18.2 Å². The molecule has 0 aliphatic carbocycles. The number of likely N-dealkylation sites (tertiary alicyclic amines) is 1. The van der Waals surface area contributed by atoms with E-state index in [1.165, 1.54) is 0 Å². The topological polar surface area (TPSA) is 64.8 Å². The summed E-state index contributed by atoms with van der Waals surface area (Å²) in [7, 11) is 3.24. The van der Waals surface area contributed by atoms with E-state index in [4.69, 9.17) is 15.2 Å². The summed E-state index contributed by atoms with van der Waals surface area (Å²) in [5.74, 6) is 1.14. The molecule has 1 heterocycles. The largest absolute Gasteiger partial charge is 0.493 e. The molecule has 0 radical (unpaired) electrons. The van der Waals surface area contributed by atoms with Crippen LogP contribution in [0.25, 0.3) is 0 Å². The Bertz CT molecular complexity index is 462. The highest BCUT2D eigenvalue weighted by atomic mass is 16.5. The highest BCUT2D eigenvalue weighted by Crippen LogP contribution is 2.36. The van der Waals surface area contributed by atoms with E-state index in [9.17, 15) is 4.79 Å². The minimum atomic E-state index is -0.285. The lowest BCUT2D eigenvalue weighted by Gasteiger charge is -2.24. The number of primary amides is 1. The summed E-state index contributed by atoms with van der Waals surface area (Å²) < 4.78 is 10.6. The zero-order valence-electron chi connectivity index (χ0n) is 11.4. The van der Waals surface area contributed by atoms with Gasteiger partial charge in [0.25, 0.3) is 0 Å². The van der Waals surface area contributed by atoms with Gasteiger partial charge in [-0.15, -0.1) is 0 Å². The van der Waals surface area contributed by atoms with Gasteiger partial charge in [0.2, 0.25) is 5.91 Å². The van der Waals surface area contributed by atoms with Gasteiger partial charge in [-0.25, -0.2) is 0 Å². The normalized spacial score (nSPS) is 19.4. The number of nitrogens with zero attached hydrogens (tertiary/aromatic N) is 1. The summed E-state index contributed by atoms with van der Waals surface area (Å²) in [6, 6.07) is 6.12. The molecule has 19 heavy (non-hydrogen) atoms. The van der Waals surface area contributed by atoms with Crippen molar-refractivity contribution in [3.05, 3.63) is 23.8 Å². The first kappa shape index (κ1) is 13.7. The van der Waals surface area contributed by atoms with Crippen molar-refractivity contribution < 1.29 is 14.3 Å². The fourth-order valence-corrected chi connectivity index (χ4v) is 2.65. The van der Waals surface area contributed by atoms with Crippen LogP contribution >= 0.6 is 0 Å². The van der Waals surface area contributed by atoms with Crippen LogP contribution in [0.2, 0.25) is 0 Å². The maximum Gasteiger partial charge on any atom is 0.231 e. The highest BCUT2D eigenvalue weighted by Gasteiger charge is 2.27. The molecule has 5 heteroatoms. The summed E-state index contributed by atoms with van der Waals surface area (Å²) in [5.41, 5.74) is 6.42. The number of methoxy groups -OCH3 is 2. The average Bonchev–Trinajstić information content (AvgIpc) is 2.85. The van der Waals surface area contributed by atoms with E-state index in [0.29, 0.717) is 18.0 Å². The molecule has 1 aliphatic heterocycles. The van der Waals surface area contributed by atoms with Gasteiger partial charge < -0.3 is 15.2 Å². The highest BCUT2D eigenvalue weighted by molar-refractivity contribution is 5.76. The van der Waals surface area contributed by atoms with E-state index in [-0.39, 0.29) is 11.9 Å². The average molecular weight is 264 g/mol. The van der Waals surface area contributed by atoms with Crippen molar-refractivity contribution in [1.29, 1.82) is 0 Å². The molecule has 1 aliphatic rings. The standard InChI is InChI=1S/C14H20N2O3/c1-18-12-6-5-10(8-13(12)19-2)11-4-3-7-16(11)9-14(15)17/h5-6,8,11H,3-4,7,9H2,1-2H3,(H2,15,17)/t11-/m0/s1. The van der Waals surface area contributed by atoms with Gasteiger partial charge in [-0.3, -0.25) is 9.69 Å². The lowest BCUT2D eigenvalue weighted by atomic mass is 10.0. The molecule has 0 unspecified atom stereocenters. The lowest BCUT2D eigenvalue weighted by Crippen LogP contribution is -2.33. The first-order valence-corrected chi connectivity index (χ1v) is 6.40. The van der Waals surface area contributed by atoms with Gasteiger partial charge in [-0.1, -0.05) is 6.07 Å². The fraction of sp³-hybridized carbons (Fsp3) is 0.500. The van der Waals surface area contributed by atoms with Crippen molar-refractivity contribution >= 4 is 5.91 Å². The maximum atomic E-state index is 11.1. The Morgan fingerprint density at radius 3 is 2.74 bits per heavy atom. The molecular formula is C14H20N2O3. The summed E-state index contributed by atoms with van der Waals surface area (Å²) >= 11 is 0.